The summed E-state index contributed by atoms with van der Waals surface area (Å²) in [6.45, 7) is 3.82. The van der Waals surface area contributed by atoms with Gasteiger partial charge in [-0.15, -0.1) is 0 Å². The lowest BCUT2D eigenvalue weighted by atomic mass is 10.2. The normalized spacial score (nSPS) is 11.4. The Morgan fingerprint density at radius 1 is 1.12 bits per heavy atom. The van der Waals surface area contributed by atoms with Crippen molar-refractivity contribution in [2.45, 2.75) is 31.3 Å². The molecule has 2 aromatic carbocycles. The van der Waals surface area contributed by atoms with Gasteiger partial charge >= 0.3 is 0 Å². The minimum atomic E-state index is -3.75. The van der Waals surface area contributed by atoms with Crippen LogP contribution in [0.15, 0.2) is 53.4 Å². The van der Waals surface area contributed by atoms with E-state index < -0.39 is 10.0 Å². The molecule has 0 bridgehead atoms. The van der Waals surface area contributed by atoms with Crippen LogP contribution in [-0.2, 0) is 16.6 Å². The lowest BCUT2D eigenvalue weighted by Gasteiger charge is -2.13. The molecule has 0 heterocycles. The fourth-order valence-corrected chi connectivity index (χ4v) is 3.27. The molecule has 25 heavy (non-hydrogen) atoms. The highest BCUT2D eigenvalue weighted by atomic mass is 32.2. The van der Waals surface area contributed by atoms with E-state index in [4.69, 9.17) is 4.74 Å². The van der Waals surface area contributed by atoms with Crippen molar-refractivity contribution in [2.75, 3.05) is 7.11 Å². The van der Waals surface area contributed by atoms with Crippen molar-refractivity contribution in [1.29, 1.82) is 0 Å². The second-order valence-corrected chi connectivity index (χ2v) is 7.57. The molecule has 2 rings (SSSR count). The van der Waals surface area contributed by atoms with Crippen LogP contribution in [0.5, 0.6) is 5.75 Å². The van der Waals surface area contributed by atoms with Crippen LogP contribution in [-0.4, -0.2) is 27.5 Å². The van der Waals surface area contributed by atoms with Gasteiger partial charge in [-0.25, -0.2) is 13.1 Å². The molecule has 0 radical (unpaired) electrons. The molecule has 0 saturated heterocycles. The van der Waals surface area contributed by atoms with E-state index in [1.54, 1.807) is 0 Å². The molecule has 0 unspecified atom stereocenters. The standard InChI is InChI=1S/C18H22N2O4S/c1-13(2)20-18(21)16-11-15(9-10-17(16)24-3)25(22,23)19-12-14-7-5-4-6-8-14/h4-11,13,19H,12H2,1-3H3,(H,20,21). The molecule has 2 aromatic rings. The van der Waals surface area contributed by atoms with E-state index in [0.717, 1.165) is 5.56 Å². The molecule has 6 nitrogen and oxygen atoms in total. The van der Waals surface area contributed by atoms with Crippen molar-refractivity contribution in [2.24, 2.45) is 0 Å². The quantitative estimate of drug-likeness (QED) is 0.792. The number of carbonyl (C=O) groups excluding carboxylic acids is 1. The van der Waals surface area contributed by atoms with Crippen LogP contribution in [0.2, 0.25) is 0 Å². The molecule has 2 N–H and O–H groups in total. The van der Waals surface area contributed by atoms with E-state index in [1.807, 2.05) is 44.2 Å². The Kier molecular flexibility index (Phi) is 6.17. The Bertz CT molecular complexity index is 833. The number of nitrogens with one attached hydrogen (secondary N) is 2. The maximum atomic E-state index is 12.5. The maximum Gasteiger partial charge on any atom is 0.255 e. The Morgan fingerprint density at radius 2 is 1.80 bits per heavy atom. The third-order valence-corrected chi connectivity index (χ3v) is 4.85. The molecule has 0 atom stereocenters. The second-order valence-electron chi connectivity index (χ2n) is 5.80. The topological polar surface area (TPSA) is 84.5 Å². The zero-order valence-electron chi connectivity index (χ0n) is 14.4. The lowest BCUT2D eigenvalue weighted by molar-refractivity contribution is 0.0940. The average molecular weight is 362 g/mol. The summed E-state index contributed by atoms with van der Waals surface area (Å²) >= 11 is 0. The van der Waals surface area contributed by atoms with Gasteiger partial charge in [0.25, 0.3) is 5.91 Å². The van der Waals surface area contributed by atoms with Crippen LogP contribution in [0.25, 0.3) is 0 Å². The van der Waals surface area contributed by atoms with Gasteiger partial charge in [-0.3, -0.25) is 4.79 Å². The first kappa shape index (κ1) is 19.0. The lowest BCUT2D eigenvalue weighted by Crippen LogP contribution is -2.31. The summed E-state index contributed by atoms with van der Waals surface area (Å²) in [5.74, 6) is -0.0629. The number of carbonyl (C=O) groups is 1. The van der Waals surface area contributed by atoms with Crippen LogP contribution in [0.4, 0.5) is 0 Å². The molecule has 134 valence electrons. The number of hydrogen-bond acceptors (Lipinski definition) is 4. The van der Waals surface area contributed by atoms with E-state index in [9.17, 15) is 13.2 Å². The highest BCUT2D eigenvalue weighted by molar-refractivity contribution is 7.89. The van der Waals surface area contributed by atoms with Crippen molar-refractivity contribution in [1.82, 2.24) is 10.0 Å². The molecular formula is C18H22N2O4S. The van der Waals surface area contributed by atoms with Crippen molar-refractivity contribution in [3.05, 3.63) is 59.7 Å². The van der Waals surface area contributed by atoms with Gasteiger partial charge in [-0.1, -0.05) is 30.3 Å². The molecule has 0 aliphatic rings. The van der Waals surface area contributed by atoms with Gasteiger partial charge in [0.05, 0.1) is 17.6 Å². The van der Waals surface area contributed by atoms with Crippen molar-refractivity contribution >= 4 is 15.9 Å². The van der Waals surface area contributed by atoms with Gasteiger partial charge < -0.3 is 10.1 Å². The minimum Gasteiger partial charge on any atom is -0.496 e. The summed E-state index contributed by atoms with van der Waals surface area (Å²) in [4.78, 5) is 12.3. The van der Waals surface area contributed by atoms with E-state index >= 15 is 0 Å². The van der Waals surface area contributed by atoms with Crippen molar-refractivity contribution in [3.8, 4) is 5.75 Å². The van der Waals surface area contributed by atoms with Crippen molar-refractivity contribution < 1.29 is 17.9 Å². The van der Waals surface area contributed by atoms with E-state index in [1.165, 1.54) is 25.3 Å². The molecule has 0 aromatic heterocycles. The van der Waals surface area contributed by atoms with Gasteiger partial charge in [0.2, 0.25) is 10.0 Å². The summed E-state index contributed by atoms with van der Waals surface area (Å²) in [5.41, 5.74) is 1.02. The molecule has 0 fully saturated rings. The highest BCUT2D eigenvalue weighted by Crippen LogP contribution is 2.22. The molecular weight excluding hydrogens is 340 g/mol. The molecule has 0 spiro atoms. The van der Waals surface area contributed by atoms with Crippen LogP contribution in [0, 0.1) is 0 Å². The number of amides is 1. The van der Waals surface area contributed by atoms with E-state index in [-0.39, 0.29) is 29.0 Å². The summed E-state index contributed by atoms with van der Waals surface area (Å²) in [6.07, 6.45) is 0. The Hall–Kier alpha value is -2.38. The van der Waals surface area contributed by atoms with Gasteiger partial charge in [0.15, 0.2) is 0 Å². The fourth-order valence-electron chi connectivity index (χ4n) is 2.23. The molecule has 1 amide bonds. The van der Waals surface area contributed by atoms with Gasteiger partial charge in [-0.2, -0.15) is 0 Å². The Labute approximate surface area is 148 Å². The minimum absolute atomic E-state index is 0.0122. The number of ether oxygens (including phenoxy) is 1. The molecule has 7 heteroatoms. The average Bonchev–Trinajstić information content (AvgIpc) is 2.59. The van der Waals surface area contributed by atoms with Crippen LogP contribution in [0.1, 0.15) is 29.8 Å². The SMILES string of the molecule is COc1ccc(S(=O)(=O)NCc2ccccc2)cc1C(=O)NC(C)C. The maximum absolute atomic E-state index is 12.5. The third-order valence-electron chi connectivity index (χ3n) is 3.45. The number of benzene rings is 2. The Morgan fingerprint density at radius 3 is 2.40 bits per heavy atom. The van der Waals surface area contributed by atoms with E-state index in [2.05, 4.69) is 10.0 Å². The predicted octanol–water partition coefficient (Wildman–Crippen LogP) is 2.31. The first-order chi connectivity index (χ1) is 11.8. The van der Waals surface area contributed by atoms with E-state index in [0.29, 0.717) is 5.75 Å². The zero-order chi connectivity index (χ0) is 18.4. The van der Waals surface area contributed by atoms with Crippen LogP contribution >= 0.6 is 0 Å². The summed E-state index contributed by atoms with van der Waals surface area (Å²) in [6, 6.07) is 13.3. The Balaban J connectivity index is 2.26. The first-order valence-electron chi connectivity index (χ1n) is 7.86. The number of rotatable bonds is 7. The molecule has 0 aliphatic carbocycles. The van der Waals surface area contributed by atoms with Gasteiger partial charge in [0.1, 0.15) is 5.75 Å². The zero-order valence-corrected chi connectivity index (χ0v) is 15.3. The smallest absolute Gasteiger partial charge is 0.255 e. The van der Waals surface area contributed by atoms with Crippen LogP contribution in [0.3, 0.4) is 0 Å². The fraction of sp³-hybridized carbons (Fsp3) is 0.278. The third kappa shape index (κ3) is 5.04. The summed E-state index contributed by atoms with van der Waals surface area (Å²) < 4.78 is 32.7. The highest BCUT2D eigenvalue weighted by Gasteiger charge is 2.20. The van der Waals surface area contributed by atoms with Crippen molar-refractivity contribution in [3.63, 3.8) is 0 Å². The predicted molar refractivity (Wildman–Crippen MR) is 96.1 cm³/mol. The number of methoxy groups -OCH3 is 1. The molecule has 0 aliphatic heterocycles. The van der Waals surface area contributed by atoms with Gasteiger partial charge in [0, 0.05) is 12.6 Å². The van der Waals surface area contributed by atoms with Gasteiger partial charge in [-0.05, 0) is 37.6 Å². The summed E-state index contributed by atoms with van der Waals surface area (Å²) in [7, 11) is -2.32. The monoisotopic (exact) mass is 362 g/mol. The largest absolute Gasteiger partial charge is 0.496 e. The second kappa shape index (κ2) is 8.13. The first-order valence-corrected chi connectivity index (χ1v) is 9.34. The van der Waals surface area contributed by atoms with Crippen LogP contribution < -0.4 is 14.8 Å². The number of sulfonamides is 1. The number of hydrogen-bond donors (Lipinski definition) is 2. The molecule has 0 saturated carbocycles. The summed E-state index contributed by atoms with van der Waals surface area (Å²) in [5, 5.41) is 2.74.